The lowest BCUT2D eigenvalue weighted by atomic mass is 9.98. The minimum absolute atomic E-state index is 0. The summed E-state index contributed by atoms with van der Waals surface area (Å²) in [4.78, 5) is 3.61. The average molecular weight is 410 g/mol. The molecule has 2 heterocycles. The molecule has 2 fully saturated rings. The lowest BCUT2D eigenvalue weighted by molar-refractivity contribution is 0.279. The lowest BCUT2D eigenvalue weighted by Gasteiger charge is -2.23. The van der Waals surface area contributed by atoms with E-state index >= 15 is 0 Å². The van der Waals surface area contributed by atoms with E-state index in [1.165, 1.54) is 25.1 Å². The number of hydrogen-bond donors (Lipinski definition) is 2. The standard InChI is InChI=1S/C21H25F2N3O.ClH/c22-18-5-1-4-16(20(18)27-13-15-3-2-8-25-21(15)23)17-11-19(17)26-12-14-6-9-24-10-7-14;/h1-5,8,14,17,19,24,26H,6-7,9-13H2;1H. The number of nitrogens with zero attached hydrogens (tertiary/aromatic N) is 1. The zero-order valence-corrected chi connectivity index (χ0v) is 16.5. The van der Waals surface area contributed by atoms with Gasteiger partial charge in [0.25, 0.3) is 0 Å². The summed E-state index contributed by atoms with van der Waals surface area (Å²) in [6.45, 7) is 3.16. The smallest absolute Gasteiger partial charge is 0.219 e. The lowest BCUT2D eigenvalue weighted by Crippen LogP contribution is -2.34. The van der Waals surface area contributed by atoms with Crippen molar-refractivity contribution in [1.82, 2.24) is 15.6 Å². The Hall–Kier alpha value is -1.76. The van der Waals surface area contributed by atoms with Gasteiger partial charge in [-0.1, -0.05) is 12.1 Å². The van der Waals surface area contributed by atoms with Gasteiger partial charge in [0.1, 0.15) is 6.61 Å². The Morgan fingerprint density at radius 1 is 1.14 bits per heavy atom. The Labute approximate surface area is 170 Å². The number of nitrogens with one attached hydrogen (secondary N) is 2. The third-order valence-corrected chi connectivity index (χ3v) is 5.52. The van der Waals surface area contributed by atoms with Crippen LogP contribution in [0, 0.1) is 17.7 Å². The minimum Gasteiger partial charge on any atom is -0.485 e. The molecule has 1 aromatic carbocycles. The summed E-state index contributed by atoms with van der Waals surface area (Å²) in [6, 6.07) is 8.62. The van der Waals surface area contributed by atoms with Gasteiger partial charge < -0.3 is 15.4 Å². The van der Waals surface area contributed by atoms with Crippen LogP contribution in [-0.2, 0) is 6.61 Å². The Kier molecular flexibility index (Phi) is 7.21. The van der Waals surface area contributed by atoms with Crippen molar-refractivity contribution in [3.63, 3.8) is 0 Å². The fourth-order valence-corrected chi connectivity index (χ4v) is 3.81. The van der Waals surface area contributed by atoms with Crippen molar-refractivity contribution in [1.29, 1.82) is 0 Å². The van der Waals surface area contributed by atoms with Crippen LogP contribution in [0.2, 0.25) is 0 Å². The Bertz CT molecular complexity index is 786. The van der Waals surface area contributed by atoms with Gasteiger partial charge in [-0.2, -0.15) is 4.39 Å². The third kappa shape index (κ3) is 4.99. The maximum atomic E-state index is 14.4. The Balaban J connectivity index is 0.00000225. The normalized spacial score (nSPS) is 21.8. The fraction of sp³-hybridized carbons (Fsp3) is 0.476. The van der Waals surface area contributed by atoms with Gasteiger partial charge in [-0.3, -0.25) is 0 Å². The van der Waals surface area contributed by atoms with Crippen molar-refractivity contribution >= 4 is 12.4 Å². The molecule has 7 heteroatoms. The van der Waals surface area contributed by atoms with Crippen LogP contribution in [0.3, 0.4) is 0 Å². The molecule has 2 atom stereocenters. The molecular weight excluding hydrogens is 384 g/mol. The first-order chi connectivity index (χ1) is 13.2. The number of hydrogen-bond acceptors (Lipinski definition) is 4. The predicted molar refractivity (Wildman–Crippen MR) is 107 cm³/mol. The van der Waals surface area contributed by atoms with E-state index in [-0.39, 0.29) is 30.7 Å². The van der Waals surface area contributed by atoms with E-state index in [1.807, 2.05) is 6.07 Å². The van der Waals surface area contributed by atoms with E-state index in [0.29, 0.717) is 17.5 Å². The van der Waals surface area contributed by atoms with E-state index in [9.17, 15) is 8.78 Å². The van der Waals surface area contributed by atoms with Crippen LogP contribution in [0.1, 0.15) is 36.3 Å². The van der Waals surface area contributed by atoms with E-state index in [4.69, 9.17) is 4.74 Å². The van der Waals surface area contributed by atoms with Crippen LogP contribution in [0.15, 0.2) is 36.5 Å². The molecule has 2 aromatic rings. The van der Waals surface area contributed by atoms with Crippen LogP contribution >= 0.6 is 12.4 Å². The van der Waals surface area contributed by atoms with E-state index in [2.05, 4.69) is 15.6 Å². The highest BCUT2D eigenvalue weighted by atomic mass is 35.5. The molecule has 1 saturated heterocycles. The summed E-state index contributed by atoms with van der Waals surface area (Å²) in [5.41, 5.74) is 1.19. The molecule has 1 saturated carbocycles. The summed E-state index contributed by atoms with van der Waals surface area (Å²) in [5.74, 6) is 0.210. The van der Waals surface area contributed by atoms with Crippen molar-refractivity contribution < 1.29 is 13.5 Å². The van der Waals surface area contributed by atoms with Crippen molar-refractivity contribution in [2.75, 3.05) is 19.6 Å². The van der Waals surface area contributed by atoms with Crippen molar-refractivity contribution in [2.24, 2.45) is 5.92 Å². The monoisotopic (exact) mass is 409 g/mol. The van der Waals surface area contributed by atoms with Gasteiger partial charge >= 0.3 is 0 Å². The van der Waals surface area contributed by atoms with E-state index in [0.717, 1.165) is 31.6 Å². The molecular formula is C21H26ClF2N3O. The molecule has 4 nitrogen and oxygen atoms in total. The van der Waals surface area contributed by atoms with Crippen molar-refractivity contribution in [3.8, 4) is 5.75 Å². The second kappa shape index (κ2) is 9.63. The maximum Gasteiger partial charge on any atom is 0.219 e. The van der Waals surface area contributed by atoms with E-state index in [1.54, 1.807) is 18.2 Å². The highest BCUT2D eigenvalue weighted by Crippen LogP contribution is 2.45. The first kappa shape index (κ1) is 21.0. The number of benzene rings is 1. The van der Waals surface area contributed by atoms with Gasteiger partial charge in [0, 0.05) is 29.3 Å². The van der Waals surface area contributed by atoms with Crippen molar-refractivity contribution in [2.45, 2.75) is 37.8 Å². The van der Waals surface area contributed by atoms with Crippen LogP contribution in [0.4, 0.5) is 8.78 Å². The number of aromatic nitrogens is 1. The fourth-order valence-electron chi connectivity index (χ4n) is 3.81. The summed E-state index contributed by atoms with van der Waals surface area (Å²) in [7, 11) is 0. The largest absolute Gasteiger partial charge is 0.485 e. The molecule has 28 heavy (non-hydrogen) atoms. The minimum atomic E-state index is -0.580. The summed E-state index contributed by atoms with van der Waals surface area (Å²) >= 11 is 0. The van der Waals surface area contributed by atoms with Gasteiger partial charge in [0.2, 0.25) is 5.95 Å². The number of para-hydroxylation sites is 1. The molecule has 0 amide bonds. The number of halogens is 3. The summed E-state index contributed by atoms with van der Waals surface area (Å²) in [5, 5.41) is 7.01. The number of ether oxygens (including phenoxy) is 1. The molecule has 2 unspecified atom stereocenters. The molecule has 1 aliphatic heterocycles. The summed E-state index contributed by atoms with van der Waals surface area (Å²) < 4.78 is 33.8. The second-order valence-corrected chi connectivity index (χ2v) is 7.45. The highest BCUT2D eigenvalue weighted by Gasteiger charge is 2.40. The molecule has 4 rings (SSSR count). The average Bonchev–Trinajstić information content (AvgIpc) is 3.47. The quantitative estimate of drug-likeness (QED) is 0.683. The number of pyridine rings is 1. The molecule has 2 aliphatic rings. The number of rotatable bonds is 7. The molecule has 2 N–H and O–H groups in total. The Morgan fingerprint density at radius 3 is 2.75 bits per heavy atom. The van der Waals surface area contributed by atoms with Gasteiger partial charge in [-0.05, 0) is 63.0 Å². The Morgan fingerprint density at radius 2 is 1.96 bits per heavy atom. The highest BCUT2D eigenvalue weighted by molar-refractivity contribution is 5.85. The third-order valence-electron chi connectivity index (χ3n) is 5.52. The maximum absolute atomic E-state index is 14.4. The molecule has 0 bridgehead atoms. The molecule has 0 radical (unpaired) electrons. The topological polar surface area (TPSA) is 46.2 Å². The second-order valence-electron chi connectivity index (χ2n) is 7.45. The van der Waals surface area contributed by atoms with Gasteiger partial charge in [-0.25, -0.2) is 9.37 Å². The van der Waals surface area contributed by atoms with Gasteiger partial charge in [0.05, 0.1) is 0 Å². The number of piperidine rings is 1. The molecule has 1 aliphatic carbocycles. The zero-order chi connectivity index (χ0) is 18.6. The zero-order valence-electron chi connectivity index (χ0n) is 15.7. The SMILES string of the molecule is Cl.Fc1cccc(C2CC2NCC2CCNCC2)c1OCc1cccnc1F. The van der Waals surface area contributed by atoms with Gasteiger partial charge in [-0.15, -0.1) is 12.4 Å². The van der Waals surface area contributed by atoms with Crippen LogP contribution in [0.5, 0.6) is 5.75 Å². The van der Waals surface area contributed by atoms with Crippen LogP contribution in [0.25, 0.3) is 0 Å². The molecule has 0 spiro atoms. The molecule has 152 valence electrons. The van der Waals surface area contributed by atoms with Crippen LogP contribution in [-0.4, -0.2) is 30.7 Å². The van der Waals surface area contributed by atoms with Gasteiger partial charge in [0.15, 0.2) is 11.6 Å². The van der Waals surface area contributed by atoms with Crippen molar-refractivity contribution in [3.05, 3.63) is 59.4 Å². The first-order valence-corrected chi connectivity index (χ1v) is 9.67. The first-order valence-electron chi connectivity index (χ1n) is 9.67. The summed E-state index contributed by atoms with van der Waals surface area (Å²) in [6.07, 6.45) is 4.77. The van der Waals surface area contributed by atoms with Crippen LogP contribution < -0.4 is 15.4 Å². The van der Waals surface area contributed by atoms with E-state index < -0.39 is 11.8 Å². The molecule has 1 aromatic heterocycles. The predicted octanol–water partition coefficient (Wildman–Crippen LogP) is 3.81.